The van der Waals surface area contributed by atoms with Gasteiger partial charge in [-0.1, -0.05) is 0 Å². The molecule has 3 rings (SSSR count). The van der Waals surface area contributed by atoms with Gasteiger partial charge >= 0.3 is 0 Å². The average molecular weight is 362 g/mol. The molecule has 0 spiro atoms. The van der Waals surface area contributed by atoms with E-state index in [-0.39, 0.29) is 5.91 Å². The van der Waals surface area contributed by atoms with Crippen LogP contribution >= 0.6 is 0 Å². The second-order valence-electron chi connectivity index (χ2n) is 6.36. The maximum Gasteiger partial charge on any atom is 0.253 e. The molecule has 0 bridgehead atoms. The lowest BCUT2D eigenvalue weighted by molar-refractivity contribution is 0.0647. The van der Waals surface area contributed by atoms with Crippen molar-refractivity contribution in [1.82, 2.24) is 9.88 Å². The summed E-state index contributed by atoms with van der Waals surface area (Å²) in [7, 11) is 0. The Hall–Kier alpha value is -2.70. The molecule has 1 saturated heterocycles. The largest absolute Gasteiger partial charge is 0.339 e. The Balaban J connectivity index is 1.69. The van der Waals surface area contributed by atoms with Gasteiger partial charge < -0.3 is 4.90 Å². The van der Waals surface area contributed by atoms with Gasteiger partial charge in [0.25, 0.3) is 5.91 Å². The van der Waals surface area contributed by atoms with Crippen LogP contribution in [0.3, 0.4) is 0 Å². The highest BCUT2D eigenvalue weighted by Crippen LogP contribution is 2.26. The fourth-order valence-electron chi connectivity index (χ4n) is 3.19. The zero-order chi connectivity index (χ0) is 18.8. The van der Waals surface area contributed by atoms with Crippen LogP contribution in [0.4, 0.5) is 13.2 Å². The number of hydrogen-bond donors (Lipinski definition) is 0. The SMILES string of the molecule is Cc1cc(C(=O)N2CCC(C(=O)c3c(F)cc(F)cc3F)CC2)ccn1. The Morgan fingerprint density at radius 1 is 1.08 bits per heavy atom. The van der Waals surface area contributed by atoms with Crippen LogP contribution in [0.25, 0.3) is 0 Å². The Bertz CT molecular complexity index is 839. The van der Waals surface area contributed by atoms with E-state index >= 15 is 0 Å². The summed E-state index contributed by atoms with van der Waals surface area (Å²) >= 11 is 0. The molecule has 136 valence electrons. The zero-order valence-corrected chi connectivity index (χ0v) is 14.1. The molecule has 1 fully saturated rings. The van der Waals surface area contributed by atoms with Crippen molar-refractivity contribution < 1.29 is 22.8 Å². The molecule has 4 nitrogen and oxygen atoms in total. The highest BCUT2D eigenvalue weighted by atomic mass is 19.1. The first kappa shape index (κ1) is 18.1. The van der Waals surface area contributed by atoms with Crippen molar-refractivity contribution in [3.05, 3.63) is 64.7 Å². The van der Waals surface area contributed by atoms with Gasteiger partial charge in [-0.3, -0.25) is 14.6 Å². The lowest BCUT2D eigenvalue weighted by Gasteiger charge is -2.31. The van der Waals surface area contributed by atoms with Crippen molar-refractivity contribution in [1.29, 1.82) is 0 Å². The van der Waals surface area contributed by atoms with Crippen molar-refractivity contribution in [2.45, 2.75) is 19.8 Å². The Labute approximate surface area is 148 Å². The Kier molecular flexibility index (Phi) is 5.06. The van der Waals surface area contributed by atoms with Crippen LogP contribution in [0.2, 0.25) is 0 Å². The first-order valence-electron chi connectivity index (χ1n) is 8.27. The fourth-order valence-corrected chi connectivity index (χ4v) is 3.19. The van der Waals surface area contributed by atoms with Gasteiger partial charge in [-0.2, -0.15) is 0 Å². The average Bonchev–Trinajstić information content (AvgIpc) is 2.60. The predicted octanol–water partition coefficient (Wildman–Crippen LogP) is 3.54. The molecule has 7 heteroatoms. The predicted molar refractivity (Wildman–Crippen MR) is 88.2 cm³/mol. The third-order valence-electron chi connectivity index (χ3n) is 4.55. The van der Waals surface area contributed by atoms with Gasteiger partial charge in [0.05, 0.1) is 5.56 Å². The van der Waals surface area contributed by atoms with Gasteiger partial charge in [-0.15, -0.1) is 0 Å². The van der Waals surface area contributed by atoms with Crippen LogP contribution in [-0.2, 0) is 0 Å². The lowest BCUT2D eigenvalue weighted by atomic mass is 9.88. The van der Waals surface area contributed by atoms with Crippen LogP contribution in [0.5, 0.6) is 0 Å². The number of amides is 1. The number of nitrogens with zero attached hydrogens (tertiary/aromatic N) is 2. The summed E-state index contributed by atoms with van der Waals surface area (Å²) in [6, 6.07) is 4.31. The molecule has 2 aromatic rings. The van der Waals surface area contributed by atoms with Crippen LogP contribution < -0.4 is 0 Å². The lowest BCUT2D eigenvalue weighted by Crippen LogP contribution is -2.40. The number of ketones is 1. The van der Waals surface area contributed by atoms with Crippen molar-refractivity contribution in [2.24, 2.45) is 5.92 Å². The number of piperidine rings is 1. The smallest absolute Gasteiger partial charge is 0.253 e. The molecule has 0 atom stereocenters. The summed E-state index contributed by atoms with van der Waals surface area (Å²) in [4.78, 5) is 30.6. The molecule has 0 N–H and O–H groups in total. The summed E-state index contributed by atoms with van der Waals surface area (Å²) < 4.78 is 40.6. The second kappa shape index (κ2) is 7.27. The van der Waals surface area contributed by atoms with Gasteiger partial charge in [0, 0.05) is 48.6 Å². The summed E-state index contributed by atoms with van der Waals surface area (Å²) in [5, 5.41) is 0. The number of carbonyl (C=O) groups is 2. The number of rotatable bonds is 3. The van der Waals surface area contributed by atoms with E-state index in [4.69, 9.17) is 0 Å². The third-order valence-corrected chi connectivity index (χ3v) is 4.55. The summed E-state index contributed by atoms with van der Waals surface area (Å²) in [6.45, 7) is 2.40. The summed E-state index contributed by atoms with van der Waals surface area (Å²) in [5.74, 6) is -4.92. The molecule has 26 heavy (non-hydrogen) atoms. The minimum atomic E-state index is -1.20. The van der Waals surface area contributed by atoms with Gasteiger partial charge in [-0.05, 0) is 31.9 Å². The maximum atomic E-state index is 13.8. The molecule has 0 aliphatic carbocycles. The maximum absolute atomic E-state index is 13.8. The van der Waals surface area contributed by atoms with E-state index in [9.17, 15) is 22.8 Å². The zero-order valence-electron chi connectivity index (χ0n) is 14.1. The van der Waals surface area contributed by atoms with Crippen molar-refractivity contribution in [2.75, 3.05) is 13.1 Å². The van der Waals surface area contributed by atoms with Crippen LogP contribution in [0.15, 0.2) is 30.5 Å². The molecule has 1 aromatic heterocycles. The van der Waals surface area contributed by atoms with Gasteiger partial charge in [0.2, 0.25) is 0 Å². The monoisotopic (exact) mass is 362 g/mol. The van der Waals surface area contributed by atoms with Crippen molar-refractivity contribution in [3.8, 4) is 0 Å². The molecular formula is C19H17F3N2O2. The highest BCUT2D eigenvalue weighted by Gasteiger charge is 2.31. The van der Waals surface area contributed by atoms with Crippen LogP contribution in [0.1, 0.15) is 39.3 Å². The number of hydrogen-bond acceptors (Lipinski definition) is 3. The number of aromatic nitrogens is 1. The molecular weight excluding hydrogens is 345 g/mol. The number of carbonyl (C=O) groups excluding carboxylic acids is 2. The number of pyridine rings is 1. The molecule has 1 aliphatic heterocycles. The molecule has 2 heterocycles. The topological polar surface area (TPSA) is 50.3 Å². The van der Waals surface area contributed by atoms with Crippen molar-refractivity contribution in [3.63, 3.8) is 0 Å². The van der Waals surface area contributed by atoms with E-state index in [1.54, 1.807) is 30.2 Å². The normalized spacial score (nSPS) is 15.2. The molecule has 0 unspecified atom stereocenters. The van der Waals surface area contributed by atoms with Gasteiger partial charge in [-0.25, -0.2) is 13.2 Å². The number of halogens is 3. The third kappa shape index (κ3) is 3.61. The first-order valence-corrected chi connectivity index (χ1v) is 8.27. The summed E-state index contributed by atoms with van der Waals surface area (Å²) in [5.41, 5.74) is 0.530. The van der Waals surface area contributed by atoms with E-state index in [1.165, 1.54) is 0 Å². The van der Waals surface area contributed by atoms with Crippen LogP contribution in [-0.4, -0.2) is 34.7 Å². The quantitative estimate of drug-likeness (QED) is 0.785. The van der Waals surface area contributed by atoms with Gasteiger partial charge in [0.1, 0.15) is 17.5 Å². The minimum Gasteiger partial charge on any atom is -0.339 e. The molecule has 1 aromatic carbocycles. The Morgan fingerprint density at radius 2 is 1.69 bits per heavy atom. The Morgan fingerprint density at radius 3 is 2.27 bits per heavy atom. The number of likely N-dealkylation sites (tertiary alicyclic amines) is 1. The number of benzene rings is 1. The molecule has 0 saturated carbocycles. The van der Waals surface area contributed by atoms with Crippen molar-refractivity contribution >= 4 is 11.7 Å². The summed E-state index contributed by atoms with van der Waals surface area (Å²) in [6.07, 6.45) is 2.15. The van der Waals surface area contributed by atoms with E-state index in [1.807, 2.05) is 0 Å². The minimum absolute atomic E-state index is 0.166. The van der Waals surface area contributed by atoms with E-state index in [0.717, 1.165) is 5.69 Å². The standard InChI is InChI=1S/C19H17F3N2O2/c1-11-8-13(2-5-23-11)19(26)24-6-3-12(4-7-24)18(25)17-15(21)9-14(20)10-16(17)22/h2,5,8-10,12H,3-4,6-7H2,1H3. The number of Topliss-reactive ketones (excluding diaryl/α,β-unsaturated/α-hetero) is 1. The molecule has 1 amide bonds. The first-order chi connectivity index (χ1) is 12.4. The number of aryl methyl sites for hydroxylation is 1. The molecule has 1 aliphatic rings. The van der Waals surface area contributed by atoms with Gasteiger partial charge in [0.15, 0.2) is 5.78 Å². The second-order valence-corrected chi connectivity index (χ2v) is 6.36. The van der Waals surface area contributed by atoms with E-state index in [0.29, 0.717) is 43.6 Å². The van der Waals surface area contributed by atoms with E-state index < -0.39 is 34.7 Å². The van der Waals surface area contributed by atoms with E-state index in [2.05, 4.69) is 4.98 Å². The van der Waals surface area contributed by atoms with Crippen LogP contribution in [0, 0.1) is 30.3 Å². The highest BCUT2D eigenvalue weighted by molar-refractivity contribution is 5.99. The molecule has 0 radical (unpaired) electrons. The fraction of sp³-hybridized carbons (Fsp3) is 0.316.